The van der Waals surface area contributed by atoms with Crippen molar-refractivity contribution in [2.75, 3.05) is 37.8 Å². The van der Waals surface area contributed by atoms with E-state index in [2.05, 4.69) is 15.6 Å². The summed E-state index contributed by atoms with van der Waals surface area (Å²) < 4.78 is 93.6. The first-order valence-electron chi connectivity index (χ1n) is 13.9. The summed E-state index contributed by atoms with van der Waals surface area (Å²) in [6.45, 7) is -0.683. The first-order chi connectivity index (χ1) is 19.5. The summed E-state index contributed by atoms with van der Waals surface area (Å²) in [5.74, 6) is -2.85. The van der Waals surface area contributed by atoms with Crippen molar-refractivity contribution in [1.82, 2.24) is 9.88 Å². The molecule has 170 valence electrons. The Balaban J connectivity index is 2.39. The van der Waals surface area contributed by atoms with E-state index in [0.717, 1.165) is 11.0 Å². The van der Waals surface area contributed by atoms with E-state index in [9.17, 15) is 14.4 Å². The zero-order valence-electron chi connectivity index (χ0n) is 26.7. The lowest BCUT2D eigenvalue weighted by Crippen LogP contribution is -2.13. The van der Waals surface area contributed by atoms with E-state index in [0.29, 0.717) is 0 Å². The number of nitriles is 1. The van der Waals surface area contributed by atoms with Crippen molar-refractivity contribution in [2.45, 2.75) is 6.92 Å². The minimum atomic E-state index is -2.19. The molecule has 7 nitrogen and oxygen atoms in total. The third-order valence-corrected chi connectivity index (χ3v) is 4.13. The van der Waals surface area contributed by atoms with Crippen LogP contribution in [0.1, 0.15) is 24.8 Å². The maximum atomic E-state index is 14.2. The molecule has 0 saturated carbocycles. The average Bonchev–Trinajstić information content (AvgIpc) is 2.92. The van der Waals surface area contributed by atoms with Crippen LogP contribution in [0.5, 0.6) is 5.75 Å². The van der Waals surface area contributed by atoms with Crippen molar-refractivity contribution < 1.29 is 26.3 Å². The molecule has 1 heterocycles. The van der Waals surface area contributed by atoms with Gasteiger partial charge in [0.05, 0.1) is 43.7 Å². The van der Waals surface area contributed by atoms with Gasteiger partial charge in [0.1, 0.15) is 17.6 Å². The van der Waals surface area contributed by atoms with Gasteiger partial charge in [-0.05, 0) is 45.2 Å². The molecular formula is C24H23ClFN5O2. The zero-order valence-corrected chi connectivity index (χ0v) is 18.5. The second-order valence-electron chi connectivity index (χ2n) is 6.47. The Morgan fingerprint density at radius 2 is 2.24 bits per heavy atom. The lowest BCUT2D eigenvalue weighted by atomic mass is 10.1. The molecule has 0 radical (unpaired) electrons. The van der Waals surface area contributed by atoms with E-state index >= 15 is 0 Å². The molecule has 0 saturated heterocycles. The number of halogens is 2. The van der Waals surface area contributed by atoms with Crippen molar-refractivity contribution in [1.29, 1.82) is 5.26 Å². The van der Waals surface area contributed by atoms with Crippen LogP contribution in [0.3, 0.4) is 0 Å². The van der Waals surface area contributed by atoms with Crippen LogP contribution in [0.15, 0.2) is 48.5 Å². The Morgan fingerprint density at radius 3 is 2.94 bits per heavy atom. The van der Waals surface area contributed by atoms with Gasteiger partial charge in [0.25, 0.3) is 0 Å². The summed E-state index contributed by atoms with van der Waals surface area (Å²) in [6, 6.07) is -2.80. The number of carbonyl (C=O) groups is 1. The molecular weight excluding hydrogens is 445 g/mol. The van der Waals surface area contributed by atoms with Crippen molar-refractivity contribution in [3.8, 4) is 11.8 Å². The van der Waals surface area contributed by atoms with Gasteiger partial charge in [-0.2, -0.15) is 5.26 Å². The van der Waals surface area contributed by atoms with Gasteiger partial charge in [-0.15, -0.1) is 0 Å². The third kappa shape index (κ3) is 5.98. The number of ether oxygens (including phenoxy) is 1. The Kier molecular flexibility index (Phi) is 4.72. The maximum Gasteiger partial charge on any atom is 0.248 e. The number of hydrogen-bond donors (Lipinski definition) is 2. The van der Waals surface area contributed by atoms with Crippen LogP contribution in [-0.2, 0) is 4.79 Å². The standard InChI is InChI=1S/C24H23ClFN5O2/c1-4-33-22-12-20-17(11-21(22)30-23(32)6-5-9-31(2)3)24(15(13-27)14-28-20)29-16-7-8-19(26)18(25)10-16/h5-8,10-12,14H,4,9H2,1-3H3,(H,28,29)(H,30,32)/b6-5+/i6D,7D,8D,9D2,10D,11D,12D,14D. The summed E-state index contributed by atoms with van der Waals surface area (Å²) in [5, 5.41) is 13.5. The molecule has 0 atom stereocenters. The zero-order chi connectivity index (χ0) is 31.8. The van der Waals surface area contributed by atoms with Gasteiger partial charge in [0.15, 0.2) is 0 Å². The van der Waals surface area contributed by atoms with Gasteiger partial charge in [-0.25, -0.2) is 4.39 Å². The van der Waals surface area contributed by atoms with E-state index in [4.69, 9.17) is 28.7 Å². The molecule has 0 aliphatic carbocycles. The molecule has 0 aliphatic rings. The number of carbonyl (C=O) groups excluding carboxylic acids is 1. The van der Waals surface area contributed by atoms with Gasteiger partial charge in [-0.1, -0.05) is 17.7 Å². The first kappa shape index (κ1) is 14.5. The smallest absolute Gasteiger partial charge is 0.248 e. The number of anilines is 3. The molecule has 0 fully saturated rings. The molecule has 1 aromatic heterocycles. The highest BCUT2D eigenvalue weighted by Gasteiger charge is 2.15. The summed E-state index contributed by atoms with van der Waals surface area (Å²) in [5.41, 5.74) is -2.27. The lowest BCUT2D eigenvalue weighted by molar-refractivity contribution is -0.111. The summed E-state index contributed by atoms with van der Waals surface area (Å²) in [4.78, 5) is 18.0. The second kappa shape index (κ2) is 10.8. The fourth-order valence-electron chi connectivity index (χ4n) is 2.51. The number of likely N-dealkylation sites (N-methyl/N-ethyl adjacent to an activating group) is 1. The van der Waals surface area contributed by atoms with E-state index in [1.165, 1.54) is 14.1 Å². The van der Waals surface area contributed by atoms with Crippen LogP contribution >= 0.6 is 11.6 Å². The van der Waals surface area contributed by atoms with Crippen LogP contribution in [0.2, 0.25) is 5.02 Å². The molecule has 0 aliphatic heterocycles. The van der Waals surface area contributed by atoms with Gasteiger partial charge in [0.2, 0.25) is 5.91 Å². The predicted molar refractivity (Wildman–Crippen MR) is 129 cm³/mol. The molecule has 1 amide bonds. The van der Waals surface area contributed by atoms with Crippen LogP contribution in [-0.4, -0.2) is 43.0 Å². The number of aromatic nitrogens is 1. The Bertz CT molecular complexity index is 1670. The van der Waals surface area contributed by atoms with Crippen LogP contribution in [0.25, 0.3) is 10.9 Å². The third-order valence-electron chi connectivity index (χ3n) is 3.87. The molecule has 9 heteroatoms. The van der Waals surface area contributed by atoms with Gasteiger partial charge < -0.3 is 20.3 Å². The Labute approximate surface area is 209 Å². The quantitative estimate of drug-likeness (QED) is 0.440. The number of nitrogens with one attached hydrogen (secondary N) is 2. The molecule has 33 heavy (non-hydrogen) atoms. The molecule has 2 aromatic carbocycles. The van der Waals surface area contributed by atoms with Gasteiger partial charge in [-0.3, -0.25) is 9.78 Å². The molecule has 2 N–H and O–H groups in total. The number of amides is 1. The highest BCUT2D eigenvalue weighted by molar-refractivity contribution is 6.31. The van der Waals surface area contributed by atoms with Crippen molar-refractivity contribution in [2.24, 2.45) is 0 Å². The Hall–Kier alpha value is -3.67. The fraction of sp³-hybridized carbons (Fsp3) is 0.208. The minimum absolute atomic E-state index is 0.0493. The SMILES string of the molecule is [2H]/C(=C\C([2H])([2H])N(C)C)C(=O)Nc1c(OCC)c([2H])c2nc([2H])c(C#N)c(Nc3c([2H])c([2H])c(F)c(Cl)c3[2H])c2c1[2H]. The fourth-order valence-corrected chi connectivity index (χ4v) is 2.65. The van der Waals surface area contributed by atoms with E-state index < -0.39 is 88.3 Å². The lowest BCUT2D eigenvalue weighted by Gasteiger charge is -2.16. The van der Waals surface area contributed by atoms with E-state index in [-0.39, 0.29) is 23.3 Å². The molecule has 3 rings (SSSR count). The second-order valence-corrected chi connectivity index (χ2v) is 6.84. The monoisotopic (exact) mass is 476 g/mol. The van der Waals surface area contributed by atoms with Crippen molar-refractivity contribution in [3.63, 3.8) is 0 Å². The van der Waals surface area contributed by atoms with Crippen LogP contribution in [0, 0.1) is 17.1 Å². The number of hydrogen-bond acceptors (Lipinski definition) is 6. The first-order valence-corrected chi connectivity index (χ1v) is 9.78. The maximum absolute atomic E-state index is 14.2. The average molecular weight is 477 g/mol. The van der Waals surface area contributed by atoms with Crippen LogP contribution < -0.4 is 15.4 Å². The summed E-state index contributed by atoms with van der Waals surface area (Å²) in [7, 11) is 2.79. The predicted octanol–water partition coefficient (Wildman–Crippen LogP) is 5.10. The number of pyridine rings is 1. The molecule has 0 bridgehead atoms. The van der Waals surface area contributed by atoms with E-state index in [1.807, 2.05) is 0 Å². The number of nitrogens with zero attached hydrogens (tertiary/aromatic N) is 3. The molecule has 3 aromatic rings. The molecule has 0 spiro atoms. The number of benzene rings is 2. The van der Waals surface area contributed by atoms with Gasteiger partial charge in [0, 0.05) is 38.6 Å². The van der Waals surface area contributed by atoms with Gasteiger partial charge >= 0.3 is 0 Å². The topological polar surface area (TPSA) is 90.3 Å². The van der Waals surface area contributed by atoms with Crippen molar-refractivity contribution in [3.05, 3.63) is 64.9 Å². The summed E-state index contributed by atoms with van der Waals surface area (Å²) in [6.07, 6.45) is 0.0608. The highest BCUT2D eigenvalue weighted by atomic mass is 35.5. The largest absolute Gasteiger partial charge is 0.492 e. The number of fused-ring (bicyclic) bond motifs is 1. The highest BCUT2D eigenvalue weighted by Crippen LogP contribution is 2.36. The normalized spacial score (nSPS) is 15.7. The minimum Gasteiger partial charge on any atom is -0.492 e. The molecule has 0 unspecified atom stereocenters. The number of rotatable bonds is 8. The van der Waals surface area contributed by atoms with E-state index in [1.54, 1.807) is 13.0 Å². The summed E-state index contributed by atoms with van der Waals surface area (Å²) >= 11 is 5.83. The van der Waals surface area contributed by atoms with Crippen LogP contribution in [0.4, 0.5) is 21.5 Å². The Morgan fingerprint density at radius 1 is 1.45 bits per heavy atom. The van der Waals surface area contributed by atoms with Crippen molar-refractivity contribution >= 4 is 45.5 Å².